The number of aromatic nitrogens is 1. The maximum absolute atomic E-state index is 13.7. The number of hydrogen-bond acceptors (Lipinski definition) is 9. The number of esters is 1. The number of methoxy groups -OCH3 is 2. The first-order valence-electron chi connectivity index (χ1n) is 13.1. The topological polar surface area (TPSA) is 102 Å². The van der Waals surface area contributed by atoms with Gasteiger partial charge in [0.2, 0.25) is 5.91 Å². The number of benzene rings is 2. The van der Waals surface area contributed by atoms with Crippen LogP contribution in [-0.4, -0.2) is 47.8 Å². The number of nitrogens with one attached hydrogen (secondary N) is 1. The number of carbonyl (C=O) groups is 2. The molecule has 1 unspecified atom stereocenters. The molecule has 0 spiro atoms. The Balaban J connectivity index is 1.59. The van der Waals surface area contributed by atoms with Crippen molar-refractivity contribution in [3.05, 3.63) is 106 Å². The zero-order chi connectivity index (χ0) is 28.8. The molecular weight excluding hydrogens is 540 g/mol. The van der Waals surface area contributed by atoms with Gasteiger partial charge in [-0.15, -0.1) is 0 Å². The number of ether oxygens (including phenoxy) is 3. The highest BCUT2D eigenvalue weighted by Gasteiger charge is 2.43. The Morgan fingerprint density at radius 3 is 2.59 bits per heavy atom. The third-order valence-electron chi connectivity index (χ3n) is 6.64. The van der Waals surface area contributed by atoms with Crippen LogP contribution >= 0.6 is 11.8 Å². The Morgan fingerprint density at radius 2 is 1.88 bits per heavy atom. The van der Waals surface area contributed by atoms with Crippen LogP contribution in [-0.2, 0) is 20.9 Å². The number of amides is 1. The van der Waals surface area contributed by atoms with Crippen LogP contribution in [0.5, 0.6) is 11.5 Å². The van der Waals surface area contributed by atoms with E-state index < -0.39 is 12.0 Å². The number of rotatable bonds is 10. The molecule has 10 heteroatoms. The summed E-state index contributed by atoms with van der Waals surface area (Å²) >= 11 is 1.40. The fourth-order valence-electron chi connectivity index (χ4n) is 4.77. The Labute approximate surface area is 242 Å². The number of carbonyl (C=O) groups excluding carboxylic acids is 2. The minimum atomic E-state index is -0.700. The van der Waals surface area contributed by atoms with Gasteiger partial charge in [-0.25, -0.2) is 9.79 Å². The molecule has 2 aromatic carbocycles. The summed E-state index contributed by atoms with van der Waals surface area (Å²) in [5, 5.41) is 5.50. The number of thioether (sulfide) groups is 1. The molecule has 1 amide bonds. The second-order valence-electron chi connectivity index (χ2n) is 9.17. The first-order valence-corrected chi connectivity index (χ1v) is 14.0. The molecule has 0 bridgehead atoms. The van der Waals surface area contributed by atoms with Gasteiger partial charge in [-0.3, -0.25) is 9.78 Å². The number of hydrogen-bond donors (Lipinski definition) is 1. The summed E-state index contributed by atoms with van der Waals surface area (Å²) in [6.45, 7) is 2.31. The Bertz CT molecular complexity index is 1520. The fraction of sp³-hybridized carbons (Fsp3) is 0.226. The van der Waals surface area contributed by atoms with Crippen LogP contribution in [0, 0.1) is 0 Å². The summed E-state index contributed by atoms with van der Waals surface area (Å²) in [6, 6.07) is 18.0. The van der Waals surface area contributed by atoms with E-state index in [0.29, 0.717) is 45.7 Å². The third kappa shape index (κ3) is 5.97. The van der Waals surface area contributed by atoms with Gasteiger partial charge in [0, 0.05) is 35.8 Å². The normalized spacial score (nSPS) is 16.0. The number of aliphatic imine (C=N–C) groups is 1. The lowest BCUT2D eigenvalue weighted by atomic mass is 9.90. The second-order valence-corrected chi connectivity index (χ2v) is 10.0. The van der Waals surface area contributed by atoms with Crippen molar-refractivity contribution in [2.75, 3.05) is 20.8 Å². The molecule has 41 heavy (non-hydrogen) atoms. The lowest BCUT2D eigenvalue weighted by Gasteiger charge is -2.37. The Morgan fingerprint density at radius 1 is 1.05 bits per heavy atom. The van der Waals surface area contributed by atoms with Crippen molar-refractivity contribution in [2.45, 2.75) is 25.9 Å². The minimum Gasteiger partial charge on any atom is -0.497 e. The van der Waals surface area contributed by atoms with Gasteiger partial charge < -0.3 is 24.4 Å². The van der Waals surface area contributed by atoms with Crippen molar-refractivity contribution in [1.82, 2.24) is 15.2 Å². The lowest BCUT2D eigenvalue weighted by Crippen LogP contribution is -2.38. The van der Waals surface area contributed by atoms with Gasteiger partial charge in [-0.2, -0.15) is 0 Å². The monoisotopic (exact) mass is 570 g/mol. The first-order chi connectivity index (χ1) is 20.0. The molecule has 2 aliphatic heterocycles. The van der Waals surface area contributed by atoms with Crippen molar-refractivity contribution < 1.29 is 23.8 Å². The maximum atomic E-state index is 13.7. The number of amidine groups is 1. The molecule has 5 rings (SSSR count). The quantitative estimate of drug-likeness (QED) is 0.337. The largest absolute Gasteiger partial charge is 0.497 e. The summed E-state index contributed by atoms with van der Waals surface area (Å²) in [5.41, 5.74) is 3.90. The van der Waals surface area contributed by atoms with Gasteiger partial charge >= 0.3 is 5.97 Å². The summed E-state index contributed by atoms with van der Waals surface area (Å²) in [5.74, 6) is 0.486. The molecule has 0 aliphatic carbocycles. The molecule has 3 heterocycles. The van der Waals surface area contributed by atoms with Crippen LogP contribution in [0.15, 0.2) is 94.7 Å². The van der Waals surface area contributed by atoms with Crippen molar-refractivity contribution in [3.63, 3.8) is 0 Å². The molecule has 210 valence electrons. The molecule has 0 fully saturated rings. The summed E-state index contributed by atoms with van der Waals surface area (Å²) < 4.78 is 16.9. The van der Waals surface area contributed by atoms with E-state index >= 15 is 0 Å². The lowest BCUT2D eigenvalue weighted by molar-refractivity contribution is -0.139. The molecule has 0 radical (unpaired) electrons. The zero-order valence-corrected chi connectivity index (χ0v) is 23.8. The van der Waals surface area contributed by atoms with Gasteiger partial charge in [0.05, 0.1) is 44.6 Å². The highest BCUT2D eigenvalue weighted by atomic mass is 32.2. The van der Waals surface area contributed by atoms with Crippen molar-refractivity contribution >= 4 is 34.5 Å². The average Bonchev–Trinajstić information content (AvgIpc) is 3.41. The van der Waals surface area contributed by atoms with Crippen LogP contribution < -0.4 is 14.8 Å². The van der Waals surface area contributed by atoms with E-state index in [9.17, 15) is 9.59 Å². The number of nitrogens with zero attached hydrogens (tertiary/aromatic N) is 3. The van der Waals surface area contributed by atoms with E-state index in [1.54, 1.807) is 45.7 Å². The van der Waals surface area contributed by atoms with Crippen LogP contribution in [0.1, 0.15) is 36.1 Å². The predicted molar refractivity (Wildman–Crippen MR) is 158 cm³/mol. The zero-order valence-electron chi connectivity index (χ0n) is 23.0. The van der Waals surface area contributed by atoms with E-state index in [4.69, 9.17) is 19.2 Å². The Hall–Kier alpha value is -4.57. The third-order valence-corrected chi connectivity index (χ3v) is 7.53. The highest BCUT2D eigenvalue weighted by Crippen LogP contribution is 2.49. The van der Waals surface area contributed by atoms with Crippen LogP contribution in [0.2, 0.25) is 0 Å². The van der Waals surface area contributed by atoms with Crippen molar-refractivity contribution in [3.8, 4) is 11.5 Å². The summed E-state index contributed by atoms with van der Waals surface area (Å²) in [6.07, 6.45) is 3.48. The number of fused-ring (bicyclic) bond motifs is 1. The summed E-state index contributed by atoms with van der Waals surface area (Å²) in [7, 11) is 3.16. The molecule has 1 N–H and O–H groups in total. The maximum Gasteiger partial charge on any atom is 0.338 e. The molecule has 1 aromatic heterocycles. The van der Waals surface area contributed by atoms with Gasteiger partial charge in [0.15, 0.2) is 5.17 Å². The van der Waals surface area contributed by atoms with Crippen LogP contribution in [0.3, 0.4) is 0 Å². The van der Waals surface area contributed by atoms with Crippen LogP contribution in [0.25, 0.3) is 5.70 Å². The van der Waals surface area contributed by atoms with E-state index in [1.807, 2.05) is 58.8 Å². The van der Waals surface area contributed by atoms with E-state index in [-0.39, 0.29) is 18.9 Å². The average molecular weight is 571 g/mol. The fourth-order valence-corrected chi connectivity index (χ4v) is 5.68. The van der Waals surface area contributed by atoms with Crippen LogP contribution in [0.4, 0.5) is 0 Å². The molecule has 0 saturated carbocycles. The molecule has 2 aliphatic rings. The van der Waals surface area contributed by atoms with Gasteiger partial charge in [-0.05, 0) is 42.2 Å². The van der Waals surface area contributed by atoms with E-state index in [2.05, 4.69) is 10.3 Å². The minimum absolute atomic E-state index is 0.0752. The molecule has 3 aromatic rings. The molecular formula is C31H30N4O5S. The van der Waals surface area contributed by atoms with E-state index in [0.717, 1.165) is 11.1 Å². The van der Waals surface area contributed by atoms with Gasteiger partial charge in [0.1, 0.15) is 11.5 Å². The summed E-state index contributed by atoms with van der Waals surface area (Å²) in [4.78, 5) is 37.8. The second kappa shape index (κ2) is 12.7. The predicted octanol–water partition coefficient (Wildman–Crippen LogP) is 5.08. The standard InChI is InChI=1S/C31H30N4O5S/c1-4-40-30(37)27-28(21-10-6-5-7-11-21)34-31-35(29(27)24-16-23(38-2)12-13-25(24)39-3)22(19-41-31)15-26(36)33-18-20-9-8-14-32-17-20/h5-14,16-17,19,29H,4,15,18H2,1-3H3,(H,33,36). The molecule has 0 saturated heterocycles. The first kappa shape index (κ1) is 28.0. The molecule has 1 atom stereocenters. The molecule has 9 nitrogen and oxygen atoms in total. The van der Waals surface area contributed by atoms with Gasteiger partial charge in [0.25, 0.3) is 0 Å². The SMILES string of the molecule is CCOC(=O)C1=C(c2ccccc2)N=C2SC=C(CC(=O)NCc3cccnc3)N2C1c1cc(OC)ccc1OC. The highest BCUT2D eigenvalue weighted by molar-refractivity contribution is 8.16. The van der Waals surface area contributed by atoms with Crippen molar-refractivity contribution in [2.24, 2.45) is 4.99 Å². The van der Waals surface area contributed by atoms with Gasteiger partial charge in [-0.1, -0.05) is 48.2 Å². The smallest absolute Gasteiger partial charge is 0.338 e. The Kier molecular flexibility index (Phi) is 8.69. The van der Waals surface area contributed by atoms with E-state index in [1.165, 1.54) is 11.8 Å². The number of pyridine rings is 1. The van der Waals surface area contributed by atoms with Crippen molar-refractivity contribution in [1.29, 1.82) is 0 Å².